The van der Waals surface area contributed by atoms with E-state index in [0.717, 1.165) is 0 Å². The summed E-state index contributed by atoms with van der Waals surface area (Å²) in [6, 6.07) is 3.89. The molecule has 0 unspecified atom stereocenters. The van der Waals surface area contributed by atoms with E-state index in [-0.39, 0.29) is 0 Å². The molecule has 0 nitrogen and oxygen atoms in total. The van der Waals surface area contributed by atoms with E-state index in [1.807, 2.05) is 0 Å². The molecule has 0 aromatic heterocycles. The third kappa shape index (κ3) is 4.20. The van der Waals surface area contributed by atoms with E-state index < -0.39 is 8.07 Å². The fourth-order valence-corrected chi connectivity index (χ4v) is 4.76. The van der Waals surface area contributed by atoms with Gasteiger partial charge in [0.15, 0.2) is 0 Å². The summed E-state index contributed by atoms with van der Waals surface area (Å²) in [6.45, 7) is 12.3. The van der Waals surface area contributed by atoms with Crippen LogP contribution in [0.4, 0.5) is 0 Å². The lowest BCUT2D eigenvalue weighted by molar-refractivity contribution is 1.03. The Morgan fingerprint density at radius 2 is 1.64 bits per heavy atom. The van der Waals surface area contributed by atoms with Gasteiger partial charge in [-0.1, -0.05) is 38.1 Å². The molecular formula is C10H20Si. The van der Waals surface area contributed by atoms with Gasteiger partial charge in [0.25, 0.3) is 0 Å². The first-order chi connectivity index (χ1) is 5.18. The molecule has 1 heteroatoms. The van der Waals surface area contributed by atoms with Crippen LogP contribution >= 0.6 is 0 Å². The summed E-state index contributed by atoms with van der Waals surface area (Å²) in [4.78, 5) is 0. The molecule has 0 aromatic carbocycles. The summed E-state index contributed by atoms with van der Waals surface area (Å²) in [7, 11) is -0.986. The number of hydrogen-bond acceptors (Lipinski definition) is 0. The maximum atomic E-state index is 3.81. The SMILES string of the molecule is C=CC[Si](C)(CC=C)CCC. The molecule has 0 atom stereocenters. The van der Waals surface area contributed by atoms with Gasteiger partial charge in [-0.25, -0.2) is 0 Å². The molecule has 0 aliphatic rings. The molecule has 64 valence electrons. The highest BCUT2D eigenvalue weighted by atomic mass is 28.3. The average molecular weight is 168 g/mol. The van der Waals surface area contributed by atoms with Crippen molar-refractivity contribution in [3.05, 3.63) is 25.3 Å². The Hall–Kier alpha value is -0.303. The second-order valence-electron chi connectivity index (χ2n) is 3.55. The zero-order valence-electron chi connectivity index (χ0n) is 7.90. The molecule has 0 fully saturated rings. The van der Waals surface area contributed by atoms with Gasteiger partial charge < -0.3 is 0 Å². The Labute approximate surface area is 72.0 Å². The van der Waals surface area contributed by atoms with Crippen LogP contribution in [0, 0.1) is 0 Å². The normalized spacial score (nSPS) is 11.1. The van der Waals surface area contributed by atoms with Crippen molar-refractivity contribution >= 4 is 8.07 Å². The van der Waals surface area contributed by atoms with Gasteiger partial charge in [0.2, 0.25) is 0 Å². The molecule has 0 aliphatic heterocycles. The van der Waals surface area contributed by atoms with Crippen LogP contribution in [0.1, 0.15) is 13.3 Å². The van der Waals surface area contributed by atoms with Gasteiger partial charge in [-0.3, -0.25) is 0 Å². The molecule has 0 bridgehead atoms. The topological polar surface area (TPSA) is 0 Å². The van der Waals surface area contributed by atoms with E-state index in [4.69, 9.17) is 0 Å². The number of hydrogen-bond donors (Lipinski definition) is 0. The first-order valence-electron chi connectivity index (χ1n) is 4.40. The molecule has 0 amide bonds. The van der Waals surface area contributed by atoms with Gasteiger partial charge in [0.05, 0.1) is 8.07 Å². The van der Waals surface area contributed by atoms with Crippen LogP contribution in [-0.4, -0.2) is 8.07 Å². The number of rotatable bonds is 6. The molecule has 0 saturated heterocycles. The predicted molar refractivity (Wildman–Crippen MR) is 56.7 cm³/mol. The molecule has 0 heterocycles. The van der Waals surface area contributed by atoms with Crippen LogP contribution in [0.25, 0.3) is 0 Å². The van der Waals surface area contributed by atoms with Crippen molar-refractivity contribution in [2.75, 3.05) is 0 Å². The van der Waals surface area contributed by atoms with Gasteiger partial charge >= 0.3 is 0 Å². The van der Waals surface area contributed by atoms with E-state index in [0.29, 0.717) is 0 Å². The quantitative estimate of drug-likeness (QED) is 0.417. The van der Waals surface area contributed by atoms with Crippen LogP contribution in [-0.2, 0) is 0 Å². The molecule has 0 aliphatic carbocycles. The van der Waals surface area contributed by atoms with Crippen LogP contribution in [0.2, 0.25) is 24.7 Å². The van der Waals surface area contributed by atoms with Gasteiger partial charge in [-0.2, -0.15) is 0 Å². The fourth-order valence-electron chi connectivity index (χ4n) is 1.59. The molecule has 0 saturated carbocycles. The Morgan fingerprint density at radius 3 is 1.91 bits per heavy atom. The van der Waals surface area contributed by atoms with E-state index >= 15 is 0 Å². The molecule has 0 radical (unpaired) electrons. The molecule has 0 spiro atoms. The highest BCUT2D eigenvalue weighted by molar-refractivity contribution is 6.79. The highest BCUT2D eigenvalue weighted by Crippen LogP contribution is 2.22. The zero-order valence-corrected chi connectivity index (χ0v) is 8.90. The van der Waals surface area contributed by atoms with Crippen LogP contribution in [0.5, 0.6) is 0 Å². The predicted octanol–water partition coefficient (Wildman–Crippen LogP) is 3.85. The van der Waals surface area contributed by atoms with Gasteiger partial charge in [-0.05, 0) is 12.1 Å². The van der Waals surface area contributed by atoms with Crippen molar-refractivity contribution in [3.8, 4) is 0 Å². The molecule has 0 N–H and O–H groups in total. The van der Waals surface area contributed by atoms with Crippen LogP contribution in [0.15, 0.2) is 25.3 Å². The smallest absolute Gasteiger partial charge is 0.0579 e. The third-order valence-corrected chi connectivity index (χ3v) is 6.38. The minimum Gasteiger partial charge on any atom is -0.103 e. The second kappa shape index (κ2) is 5.36. The van der Waals surface area contributed by atoms with Crippen molar-refractivity contribution in [2.24, 2.45) is 0 Å². The Bertz CT molecular complexity index is 117. The fraction of sp³-hybridized carbons (Fsp3) is 0.600. The molecule has 0 aromatic rings. The van der Waals surface area contributed by atoms with Crippen molar-refractivity contribution in [3.63, 3.8) is 0 Å². The van der Waals surface area contributed by atoms with Crippen molar-refractivity contribution in [1.29, 1.82) is 0 Å². The maximum Gasteiger partial charge on any atom is 0.0579 e. The van der Waals surface area contributed by atoms with E-state index in [1.54, 1.807) is 0 Å². The lowest BCUT2D eigenvalue weighted by Crippen LogP contribution is -2.27. The minimum atomic E-state index is -0.986. The van der Waals surface area contributed by atoms with Crippen molar-refractivity contribution in [1.82, 2.24) is 0 Å². The average Bonchev–Trinajstić information content (AvgIpc) is 1.88. The number of allylic oxidation sites excluding steroid dienone is 2. The monoisotopic (exact) mass is 168 g/mol. The third-order valence-electron chi connectivity index (χ3n) is 2.13. The minimum absolute atomic E-state index is 0.986. The van der Waals surface area contributed by atoms with Crippen LogP contribution < -0.4 is 0 Å². The van der Waals surface area contributed by atoms with E-state index in [9.17, 15) is 0 Å². The van der Waals surface area contributed by atoms with Crippen molar-refractivity contribution < 1.29 is 0 Å². The lowest BCUT2D eigenvalue weighted by Gasteiger charge is -2.23. The van der Waals surface area contributed by atoms with Gasteiger partial charge in [0.1, 0.15) is 0 Å². The Morgan fingerprint density at radius 1 is 1.18 bits per heavy atom. The first kappa shape index (κ1) is 10.7. The first-order valence-corrected chi connectivity index (χ1v) is 7.52. The largest absolute Gasteiger partial charge is 0.103 e. The Kier molecular flexibility index (Phi) is 5.21. The summed E-state index contributed by atoms with van der Waals surface area (Å²) in [5.41, 5.74) is 0. The van der Waals surface area contributed by atoms with Gasteiger partial charge in [-0.15, -0.1) is 13.2 Å². The maximum absolute atomic E-state index is 3.81. The molecular weight excluding hydrogens is 148 g/mol. The summed E-state index contributed by atoms with van der Waals surface area (Å²) < 4.78 is 0. The lowest BCUT2D eigenvalue weighted by atomic mass is 10.6. The standard InChI is InChI=1S/C10H20Si/c1-5-8-11(4,9-6-2)10-7-3/h5-6H,1-2,7-10H2,3-4H3. The molecule has 11 heavy (non-hydrogen) atoms. The summed E-state index contributed by atoms with van der Waals surface area (Å²) >= 11 is 0. The second-order valence-corrected chi connectivity index (χ2v) is 8.48. The van der Waals surface area contributed by atoms with Gasteiger partial charge in [0, 0.05) is 0 Å². The highest BCUT2D eigenvalue weighted by Gasteiger charge is 2.21. The summed E-state index contributed by atoms with van der Waals surface area (Å²) in [6.07, 6.45) is 5.46. The van der Waals surface area contributed by atoms with Crippen LogP contribution in [0.3, 0.4) is 0 Å². The van der Waals surface area contributed by atoms with Crippen molar-refractivity contribution in [2.45, 2.75) is 38.0 Å². The summed E-state index contributed by atoms with van der Waals surface area (Å²) in [5.74, 6) is 0. The van der Waals surface area contributed by atoms with E-state index in [1.165, 1.54) is 24.6 Å². The van der Waals surface area contributed by atoms with E-state index in [2.05, 4.69) is 38.8 Å². The Balaban J connectivity index is 3.98. The summed E-state index contributed by atoms with van der Waals surface area (Å²) in [5, 5.41) is 0. The zero-order chi connectivity index (χ0) is 8.74. The molecule has 0 rings (SSSR count).